The summed E-state index contributed by atoms with van der Waals surface area (Å²) in [5.74, 6) is 0.602. The van der Waals surface area contributed by atoms with Crippen molar-refractivity contribution in [3.8, 4) is 0 Å². The van der Waals surface area contributed by atoms with Crippen LogP contribution in [0.1, 0.15) is 37.0 Å². The van der Waals surface area contributed by atoms with Gasteiger partial charge >= 0.3 is 0 Å². The van der Waals surface area contributed by atoms with Crippen molar-refractivity contribution >= 4 is 0 Å². The second-order valence-corrected chi connectivity index (χ2v) is 4.68. The first-order valence-corrected chi connectivity index (χ1v) is 5.86. The van der Waals surface area contributed by atoms with E-state index < -0.39 is 0 Å². The second kappa shape index (κ2) is 5.32. The third-order valence-corrected chi connectivity index (χ3v) is 3.34. The first-order valence-electron chi connectivity index (χ1n) is 5.86. The number of hydrogen-bond acceptors (Lipinski definition) is 1. The van der Waals surface area contributed by atoms with Gasteiger partial charge in [-0.1, -0.05) is 44.0 Å². The molecular weight excluding hydrogens is 182 g/mol. The zero-order valence-electron chi connectivity index (χ0n) is 10.4. The van der Waals surface area contributed by atoms with Crippen LogP contribution in [0.15, 0.2) is 18.2 Å². The van der Waals surface area contributed by atoms with E-state index in [4.69, 9.17) is 5.73 Å². The van der Waals surface area contributed by atoms with Gasteiger partial charge in [-0.05, 0) is 37.3 Å². The molecule has 0 aliphatic heterocycles. The molecule has 0 amide bonds. The predicted octanol–water partition coefficient (Wildman–Crippen LogP) is 3.22. The maximum atomic E-state index is 6.18. The molecule has 0 saturated heterocycles. The monoisotopic (exact) mass is 205 g/mol. The summed E-state index contributed by atoms with van der Waals surface area (Å²) in [5, 5.41) is 0. The Kier molecular flexibility index (Phi) is 4.34. The summed E-state index contributed by atoms with van der Waals surface area (Å²) < 4.78 is 0. The van der Waals surface area contributed by atoms with Crippen LogP contribution in [0.3, 0.4) is 0 Å². The van der Waals surface area contributed by atoms with Crippen molar-refractivity contribution in [2.45, 2.75) is 46.6 Å². The molecule has 2 N–H and O–H groups in total. The minimum absolute atomic E-state index is 0.287. The number of aryl methyl sites for hydroxylation is 2. The van der Waals surface area contributed by atoms with E-state index >= 15 is 0 Å². The van der Waals surface area contributed by atoms with E-state index in [9.17, 15) is 0 Å². The Balaban J connectivity index is 2.75. The van der Waals surface area contributed by atoms with Gasteiger partial charge in [-0.15, -0.1) is 0 Å². The van der Waals surface area contributed by atoms with Crippen LogP contribution < -0.4 is 5.73 Å². The molecule has 1 nitrogen and oxygen atoms in total. The van der Waals surface area contributed by atoms with Crippen LogP contribution in [-0.2, 0) is 6.42 Å². The minimum Gasteiger partial charge on any atom is -0.327 e. The Morgan fingerprint density at radius 3 is 2.53 bits per heavy atom. The maximum absolute atomic E-state index is 6.18. The number of benzene rings is 1. The smallest absolute Gasteiger partial charge is 0.0105 e. The highest BCUT2D eigenvalue weighted by Crippen LogP contribution is 2.16. The van der Waals surface area contributed by atoms with E-state index in [0.29, 0.717) is 5.92 Å². The third kappa shape index (κ3) is 3.35. The molecule has 0 radical (unpaired) electrons. The quantitative estimate of drug-likeness (QED) is 0.802. The van der Waals surface area contributed by atoms with Gasteiger partial charge in [-0.25, -0.2) is 0 Å². The van der Waals surface area contributed by atoms with Crippen LogP contribution in [0.2, 0.25) is 0 Å². The van der Waals surface area contributed by atoms with Gasteiger partial charge in [0.05, 0.1) is 0 Å². The Morgan fingerprint density at radius 1 is 1.27 bits per heavy atom. The number of hydrogen-bond donors (Lipinski definition) is 1. The summed E-state index contributed by atoms with van der Waals surface area (Å²) in [7, 11) is 0. The lowest BCUT2D eigenvalue weighted by molar-refractivity contribution is 0.439. The Bertz CT molecular complexity index is 317. The molecule has 2 unspecified atom stereocenters. The minimum atomic E-state index is 0.287. The Morgan fingerprint density at radius 2 is 1.93 bits per heavy atom. The SMILES string of the molecule is CCC(C)C(N)Cc1cc(C)ccc1C. The van der Waals surface area contributed by atoms with Crippen LogP contribution in [-0.4, -0.2) is 6.04 Å². The second-order valence-electron chi connectivity index (χ2n) is 4.68. The average molecular weight is 205 g/mol. The third-order valence-electron chi connectivity index (χ3n) is 3.34. The van der Waals surface area contributed by atoms with Crippen LogP contribution in [0.5, 0.6) is 0 Å². The molecule has 0 bridgehead atoms. The van der Waals surface area contributed by atoms with Crippen molar-refractivity contribution in [1.29, 1.82) is 0 Å². The van der Waals surface area contributed by atoms with Crippen molar-refractivity contribution in [1.82, 2.24) is 0 Å². The molecule has 0 aliphatic carbocycles. The highest BCUT2D eigenvalue weighted by atomic mass is 14.6. The molecule has 1 aromatic carbocycles. The van der Waals surface area contributed by atoms with E-state index in [1.165, 1.54) is 16.7 Å². The van der Waals surface area contributed by atoms with E-state index in [1.54, 1.807) is 0 Å². The Hall–Kier alpha value is -0.820. The van der Waals surface area contributed by atoms with E-state index in [0.717, 1.165) is 12.8 Å². The van der Waals surface area contributed by atoms with Crippen molar-refractivity contribution in [2.24, 2.45) is 11.7 Å². The highest BCUT2D eigenvalue weighted by molar-refractivity contribution is 5.31. The normalized spacial score (nSPS) is 15.0. The fourth-order valence-corrected chi connectivity index (χ4v) is 1.78. The largest absolute Gasteiger partial charge is 0.327 e. The molecule has 0 fully saturated rings. The van der Waals surface area contributed by atoms with Gasteiger partial charge in [0, 0.05) is 6.04 Å². The van der Waals surface area contributed by atoms with Crippen LogP contribution >= 0.6 is 0 Å². The van der Waals surface area contributed by atoms with Crippen LogP contribution in [0.25, 0.3) is 0 Å². The summed E-state index contributed by atoms with van der Waals surface area (Å²) >= 11 is 0. The summed E-state index contributed by atoms with van der Waals surface area (Å²) in [5.41, 5.74) is 10.3. The lowest BCUT2D eigenvalue weighted by Gasteiger charge is -2.19. The lowest BCUT2D eigenvalue weighted by atomic mass is 9.91. The first-order chi connectivity index (χ1) is 7.04. The molecule has 2 atom stereocenters. The Labute approximate surface area is 93.7 Å². The molecule has 1 heteroatoms. The molecule has 15 heavy (non-hydrogen) atoms. The number of nitrogens with two attached hydrogens (primary N) is 1. The zero-order chi connectivity index (χ0) is 11.4. The molecule has 1 aromatic rings. The summed E-state index contributed by atoms with van der Waals surface area (Å²) in [6.07, 6.45) is 2.16. The summed E-state index contributed by atoms with van der Waals surface area (Å²) in [6.45, 7) is 8.74. The zero-order valence-corrected chi connectivity index (χ0v) is 10.4. The van der Waals surface area contributed by atoms with E-state index in [-0.39, 0.29) is 6.04 Å². The fraction of sp³-hybridized carbons (Fsp3) is 0.571. The van der Waals surface area contributed by atoms with Crippen LogP contribution in [0, 0.1) is 19.8 Å². The maximum Gasteiger partial charge on any atom is 0.0105 e. The molecular formula is C14H23N. The predicted molar refractivity (Wildman–Crippen MR) is 67.1 cm³/mol. The van der Waals surface area contributed by atoms with Gasteiger partial charge < -0.3 is 5.73 Å². The summed E-state index contributed by atoms with van der Waals surface area (Å²) in [6, 6.07) is 6.90. The van der Waals surface area contributed by atoms with Crippen molar-refractivity contribution in [3.63, 3.8) is 0 Å². The van der Waals surface area contributed by atoms with Gasteiger partial charge in [0.2, 0.25) is 0 Å². The molecule has 0 heterocycles. The molecule has 1 rings (SSSR count). The lowest BCUT2D eigenvalue weighted by Crippen LogP contribution is -2.30. The molecule has 0 spiro atoms. The molecule has 0 aliphatic rings. The van der Waals surface area contributed by atoms with Crippen LogP contribution in [0.4, 0.5) is 0 Å². The average Bonchev–Trinajstić information content (AvgIpc) is 2.22. The van der Waals surface area contributed by atoms with Gasteiger partial charge in [-0.3, -0.25) is 0 Å². The van der Waals surface area contributed by atoms with Crippen molar-refractivity contribution in [2.75, 3.05) is 0 Å². The van der Waals surface area contributed by atoms with Crippen molar-refractivity contribution in [3.05, 3.63) is 34.9 Å². The van der Waals surface area contributed by atoms with Gasteiger partial charge in [-0.2, -0.15) is 0 Å². The van der Waals surface area contributed by atoms with Gasteiger partial charge in [0.25, 0.3) is 0 Å². The van der Waals surface area contributed by atoms with Gasteiger partial charge in [0.15, 0.2) is 0 Å². The topological polar surface area (TPSA) is 26.0 Å². The first kappa shape index (κ1) is 12.3. The van der Waals surface area contributed by atoms with E-state index in [1.807, 2.05) is 0 Å². The molecule has 84 valence electrons. The molecule has 0 aromatic heterocycles. The highest BCUT2D eigenvalue weighted by Gasteiger charge is 2.12. The fourth-order valence-electron chi connectivity index (χ4n) is 1.78. The van der Waals surface area contributed by atoms with Crippen molar-refractivity contribution < 1.29 is 0 Å². The standard InChI is InChI=1S/C14H23N/c1-5-11(3)14(15)9-13-8-10(2)6-7-12(13)4/h6-8,11,14H,5,9,15H2,1-4H3. The number of rotatable bonds is 4. The van der Waals surface area contributed by atoms with Gasteiger partial charge in [0.1, 0.15) is 0 Å². The summed E-state index contributed by atoms with van der Waals surface area (Å²) in [4.78, 5) is 0. The van der Waals surface area contributed by atoms with E-state index in [2.05, 4.69) is 45.9 Å². The molecule has 0 saturated carbocycles.